The molecule has 0 bridgehead atoms. The molecular formula is C19H20N2O2S. The molecule has 24 heavy (non-hydrogen) atoms. The lowest BCUT2D eigenvalue weighted by molar-refractivity contribution is -0.117. The molecule has 0 unspecified atom stereocenters. The molecule has 1 aliphatic rings. The largest absolute Gasteiger partial charge is 0.321 e. The fourth-order valence-corrected chi connectivity index (χ4v) is 3.54. The number of rotatable bonds is 5. The third-order valence-corrected chi connectivity index (χ3v) is 4.88. The first kappa shape index (κ1) is 16.6. The number of anilines is 2. The second-order valence-corrected chi connectivity index (χ2v) is 6.89. The van der Waals surface area contributed by atoms with Gasteiger partial charge in [0.2, 0.25) is 5.91 Å². The van der Waals surface area contributed by atoms with Gasteiger partial charge < -0.3 is 10.2 Å². The highest BCUT2D eigenvalue weighted by Crippen LogP contribution is 2.28. The fraction of sp³-hybridized carbons (Fsp3) is 0.263. The molecule has 4 nitrogen and oxygen atoms in total. The van der Waals surface area contributed by atoms with E-state index in [0.29, 0.717) is 12.0 Å². The first-order chi connectivity index (χ1) is 11.7. The topological polar surface area (TPSA) is 49.4 Å². The average molecular weight is 340 g/mol. The van der Waals surface area contributed by atoms with Crippen molar-refractivity contribution in [2.45, 2.75) is 24.7 Å². The van der Waals surface area contributed by atoms with Gasteiger partial charge in [-0.1, -0.05) is 25.1 Å². The maximum absolute atomic E-state index is 12.6. The van der Waals surface area contributed by atoms with E-state index < -0.39 is 0 Å². The molecule has 1 saturated heterocycles. The van der Waals surface area contributed by atoms with Crippen LogP contribution in [0.4, 0.5) is 11.4 Å². The molecule has 124 valence electrons. The molecule has 0 saturated carbocycles. The maximum atomic E-state index is 12.6. The molecule has 2 aromatic rings. The van der Waals surface area contributed by atoms with E-state index in [-0.39, 0.29) is 11.8 Å². The van der Waals surface area contributed by atoms with Gasteiger partial charge in [0, 0.05) is 29.1 Å². The molecule has 3 rings (SSSR count). The predicted octanol–water partition coefficient (Wildman–Crippen LogP) is 4.18. The summed E-state index contributed by atoms with van der Waals surface area (Å²) in [4.78, 5) is 27.3. The molecule has 1 heterocycles. The normalized spacial score (nSPS) is 14.0. The van der Waals surface area contributed by atoms with Gasteiger partial charge in [-0.05, 0) is 42.5 Å². The number of carbonyl (C=O) groups is 2. The summed E-state index contributed by atoms with van der Waals surface area (Å²) >= 11 is 1.70. The van der Waals surface area contributed by atoms with E-state index >= 15 is 0 Å². The van der Waals surface area contributed by atoms with E-state index in [1.54, 1.807) is 28.8 Å². The lowest BCUT2D eigenvalue weighted by atomic mass is 10.1. The van der Waals surface area contributed by atoms with Crippen LogP contribution in [-0.2, 0) is 4.79 Å². The van der Waals surface area contributed by atoms with Crippen LogP contribution in [-0.4, -0.2) is 24.1 Å². The third-order valence-electron chi connectivity index (χ3n) is 3.93. The van der Waals surface area contributed by atoms with Crippen molar-refractivity contribution < 1.29 is 9.59 Å². The highest BCUT2D eigenvalue weighted by molar-refractivity contribution is 7.99. The Morgan fingerprint density at radius 3 is 2.79 bits per heavy atom. The first-order valence-corrected chi connectivity index (χ1v) is 9.11. The van der Waals surface area contributed by atoms with Crippen LogP contribution < -0.4 is 10.2 Å². The zero-order valence-electron chi connectivity index (χ0n) is 13.6. The Labute approximate surface area is 146 Å². The molecule has 2 aromatic carbocycles. The second-order valence-electron chi connectivity index (χ2n) is 5.58. The molecule has 5 heteroatoms. The Morgan fingerprint density at radius 2 is 2.04 bits per heavy atom. The number of nitrogens with one attached hydrogen (secondary N) is 1. The van der Waals surface area contributed by atoms with Crippen molar-refractivity contribution in [1.29, 1.82) is 0 Å². The van der Waals surface area contributed by atoms with Crippen molar-refractivity contribution in [3.63, 3.8) is 0 Å². The van der Waals surface area contributed by atoms with Gasteiger partial charge in [-0.15, -0.1) is 11.8 Å². The van der Waals surface area contributed by atoms with E-state index in [2.05, 4.69) is 12.2 Å². The Morgan fingerprint density at radius 1 is 1.21 bits per heavy atom. The molecule has 1 fully saturated rings. The number of hydrogen-bond acceptors (Lipinski definition) is 3. The van der Waals surface area contributed by atoms with Crippen LogP contribution in [0.3, 0.4) is 0 Å². The van der Waals surface area contributed by atoms with E-state index in [4.69, 9.17) is 0 Å². The summed E-state index contributed by atoms with van der Waals surface area (Å²) < 4.78 is 0. The summed E-state index contributed by atoms with van der Waals surface area (Å²) in [6.45, 7) is 2.81. The number of nitrogens with zero attached hydrogens (tertiary/aromatic N) is 1. The second kappa shape index (κ2) is 7.53. The highest BCUT2D eigenvalue weighted by atomic mass is 32.2. The van der Waals surface area contributed by atoms with Gasteiger partial charge in [-0.2, -0.15) is 0 Å². The molecule has 1 aliphatic heterocycles. The monoisotopic (exact) mass is 340 g/mol. The number of thioether (sulfide) groups is 1. The highest BCUT2D eigenvalue weighted by Gasteiger charge is 2.22. The molecule has 1 N–H and O–H groups in total. The summed E-state index contributed by atoms with van der Waals surface area (Å²) in [5.41, 5.74) is 2.17. The van der Waals surface area contributed by atoms with Crippen LogP contribution in [0.2, 0.25) is 0 Å². The SMILES string of the molecule is CCSc1ccccc1NC(=O)c1cccc(N2CCCC2=O)c1. The van der Waals surface area contributed by atoms with Gasteiger partial charge in [0.25, 0.3) is 5.91 Å². The van der Waals surface area contributed by atoms with Crippen LogP contribution in [0, 0.1) is 0 Å². The maximum Gasteiger partial charge on any atom is 0.255 e. The first-order valence-electron chi connectivity index (χ1n) is 8.12. The number of para-hydroxylation sites is 1. The third kappa shape index (κ3) is 3.62. The minimum Gasteiger partial charge on any atom is -0.321 e. The molecule has 0 spiro atoms. The number of amides is 2. The van der Waals surface area contributed by atoms with Crippen LogP contribution in [0.5, 0.6) is 0 Å². The van der Waals surface area contributed by atoms with Crippen LogP contribution in [0.1, 0.15) is 30.1 Å². The van der Waals surface area contributed by atoms with Gasteiger partial charge >= 0.3 is 0 Å². The standard InChI is InChI=1S/C19H20N2O2S/c1-2-24-17-10-4-3-9-16(17)20-19(23)14-7-5-8-15(13-14)21-12-6-11-18(21)22/h3-5,7-10,13H,2,6,11-12H2,1H3,(H,20,23). The molecule has 2 amide bonds. The Balaban J connectivity index is 1.80. The fourth-order valence-electron chi connectivity index (χ4n) is 2.78. The minimum atomic E-state index is -0.160. The van der Waals surface area contributed by atoms with Crippen molar-refractivity contribution >= 4 is 35.0 Å². The molecule has 0 radical (unpaired) electrons. The number of benzene rings is 2. The van der Waals surface area contributed by atoms with Gasteiger partial charge in [0.15, 0.2) is 0 Å². The Hall–Kier alpha value is -2.27. The van der Waals surface area contributed by atoms with Crippen LogP contribution in [0.25, 0.3) is 0 Å². The van der Waals surface area contributed by atoms with Gasteiger partial charge in [-0.25, -0.2) is 0 Å². The number of hydrogen-bond donors (Lipinski definition) is 1. The zero-order chi connectivity index (χ0) is 16.9. The van der Waals surface area contributed by atoms with E-state index in [9.17, 15) is 9.59 Å². The minimum absolute atomic E-state index is 0.122. The summed E-state index contributed by atoms with van der Waals surface area (Å²) in [6.07, 6.45) is 1.45. The summed E-state index contributed by atoms with van der Waals surface area (Å²) in [5, 5.41) is 2.98. The smallest absolute Gasteiger partial charge is 0.255 e. The Kier molecular flexibility index (Phi) is 5.20. The van der Waals surface area contributed by atoms with Crippen molar-refractivity contribution in [2.24, 2.45) is 0 Å². The molecule has 0 aromatic heterocycles. The van der Waals surface area contributed by atoms with E-state index in [1.807, 2.05) is 36.4 Å². The molecular weight excluding hydrogens is 320 g/mol. The average Bonchev–Trinajstić information content (AvgIpc) is 3.03. The van der Waals surface area contributed by atoms with Gasteiger partial charge in [0.05, 0.1) is 5.69 Å². The van der Waals surface area contributed by atoms with Crippen LogP contribution >= 0.6 is 11.8 Å². The summed E-state index contributed by atoms with van der Waals surface area (Å²) in [5.74, 6) is 0.907. The molecule has 0 aliphatic carbocycles. The zero-order valence-corrected chi connectivity index (χ0v) is 14.4. The number of carbonyl (C=O) groups excluding carboxylic acids is 2. The molecule has 0 atom stereocenters. The summed E-state index contributed by atoms with van der Waals surface area (Å²) in [6, 6.07) is 15.0. The van der Waals surface area contributed by atoms with Crippen molar-refractivity contribution in [2.75, 3.05) is 22.5 Å². The van der Waals surface area contributed by atoms with Crippen LogP contribution in [0.15, 0.2) is 53.4 Å². The predicted molar refractivity (Wildman–Crippen MR) is 98.8 cm³/mol. The van der Waals surface area contributed by atoms with E-state index in [1.165, 1.54) is 0 Å². The Bertz CT molecular complexity index is 761. The van der Waals surface area contributed by atoms with Crippen molar-refractivity contribution in [3.8, 4) is 0 Å². The lowest BCUT2D eigenvalue weighted by Gasteiger charge is -2.16. The van der Waals surface area contributed by atoms with E-state index in [0.717, 1.165) is 35.0 Å². The van der Waals surface area contributed by atoms with Gasteiger partial charge in [-0.3, -0.25) is 9.59 Å². The van der Waals surface area contributed by atoms with Crippen molar-refractivity contribution in [1.82, 2.24) is 0 Å². The quantitative estimate of drug-likeness (QED) is 0.831. The van der Waals surface area contributed by atoms with Crippen molar-refractivity contribution in [3.05, 3.63) is 54.1 Å². The van der Waals surface area contributed by atoms with Gasteiger partial charge in [0.1, 0.15) is 0 Å². The lowest BCUT2D eigenvalue weighted by Crippen LogP contribution is -2.24. The summed E-state index contributed by atoms with van der Waals surface area (Å²) in [7, 11) is 0.